The van der Waals surface area contributed by atoms with Crippen molar-refractivity contribution in [2.75, 3.05) is 11.9 Å². The molecule has 1 atom stereocenters. The third kappa shape index (κ3) is 4.30. The van der Waals surface area contributed by atoms with Crippen LogP contribution in [0.4, 0.5) is 10.5 Å². The van der Waals surface area contributed by atoms with Crippen LogP contribution in [0.3, 0.4) is 0 Å². The first-order valence-corrected chi connectivity index (χ1v) is 9.19. The van der Waals surface area contributed by atoms with Crippen LogP contribution in [0.1, 0.15) is 39.2 Å². The van der Waals surface area contributed by atoms with Gasteiger partial charge in [-0.1, -0.05) is 43.1 Å². The maximum Gasteiger partial charge on any atom is 0.325 e. The van der Waals surface area contributed by atoms with E-state index in [1.54, 1.807) is 26.0 Å². The van der Waals surface area contributed by atoms with Crippen molar-refractivity contribution < 1.29 is 14.4 Å². The van der Waals surface area contributed by atoms with Crippen molar-refractivity contribution in [3.05, 3.63) is 27.7 Å². The highest BCUT2D eigenvalue weighted by molar-refractivity contribution is 6.40. The highest BCUT2D eigenvalue weighted by Crippen LogP contribution is 2.33. The number of hydrogen-bond acceptors (Lipinski definition) is 3. The molecular formula is C18H23Cl2N3O3. The standard InChI is InChI=1S/C18H23Cl2N3O3/c1-10(2)7-8-18(4)16(25)23(17(26)22-18)9-13(24)21-15-12(19)6-5-11(3)14(15)20/h5-6,10H,7-9H2,1-4H3,(H,21,24)(H,22,26)/t18-/m0/s1. The minimum atomic E-state index is -0.986. The van der Waals surface area contributed by atoms with Crippen LogP contribution in [0.5, 0.6) is 0 Å². The van der Waals surface area contributed by atoms with E-state index in [1.165, 1.54) is 0 Å². The van der Waals surface area contributed by atoms with Crippen LogP contribution in [0.25, 0.3) is 0 Å². The Balaban J connectivity index is 2.09. The lowest BCUT2D eigenvalue weighted by atomic mass is 9.92. The molecule has 1 aliphatic rings. The van der Waals surface area contributed by atoms with Gasteiger partial charge in [0, 0.05) is 0 Å². The first-order valence-electron chi connectivity index (χ1n) is 8.43. The third-order valence-electron chi connectivity index (χ3n) is 4.42. The third-order valence-corrected chi connectivity index (χ3v) is 5.22. The largest absolute Gasteiger partial charge is 0.325 e. The summed E-state index contributed by atoms with van der Waals surface area (Å²) in [6.07, 6.45) is 1.31. The van der Waals surface area contributed by atoms with Crippen molar-refractivity contribution in [2.24, 2.45) is 5.92 Å². The van der Waals surface area contributed by atoms with E-state index in [-0.39, 0.29) is 10.7 Å². The van der Waals surface area contributed by atoms with E-state index >= 15 is 0 Å². The van der Waals surface area contributed by atoms with Gasteiger partial charge in [0.25, 0.3) is 5.91 Å². The van der Waals surface area contributed by atoms with Crippen molar-refractivity contribution in [1.29, 1.82) is 0 Å². The lowest BCUT2D eigenvalue weighted by Gasteiger charge is -2.22. The predicted molar refractivity (Wildman–Crippen MR) is 103 cm³/mol. The summed E-state index contributed by atoms with van der Waals surface area (Å²) in [5.74, 6) is -0.546. The normalized spacial score (nSPS) is 19.9. The Labute approximate surface area is 163 Å². The van der Waals surface area contributed by atoms with Gasteiger partial charge in [0.1, 0.15) is 12.1 Å². The lowest BCUT2D eigenvalue weighted by molar-refractivity contribution is -0.133. The number of nitrogens with one attached hydrogen (secondary N) is 2. The average molecular weight is 400 g/mol. The molecule has 2 N–H and O–H groups in total. The van der Waals surface area contributed by atoms with E-state index < -0.39 is 29.9 Å². The summed E-state index contributed by atoms with van der Waals surface area (Å²) in [6, 6.07) is 2.78. The fourth-order valence-electron chi connectivity index (χ4n) is 2.73. The summed E-state index contributed by atoms with van der Waals surface area (Å²) in [4.78, 5) is 38.1. The number of hydrogen-bond donors (Lipinski definition) is 2. The number of benzene rings is 1. The lowest BCUT2D eigenvalue weighted by Crippen LogP contribution is -2.44. The van der Waals surface area contributed by atoms with Gasteiger partial charge in [0.2, 0.25) is 5.91 Å². The fourth-order valence-corrected chi connectivity index (χ4v) is 3.20. The SMILES string of the molecule is Cc1ccc(Cl)c(NC(=O)CN2C(=O)N[C@@](C)(CCC(C)C)C2=O)c1Cl. The van der Waals surface area contributed by atoms with E-state index in [1.807, 2.05) is 13.8 Å². The molecule has 1 heterocycles. The Kier molecular flexibility index (Phi) is 6.19. The van der Waals surface area contributed by atoms with Crippen molar-refractivity contribution in [3.63, 3.8) is 0 Å². The quantitative estimate of drug-likeness (QED) is 0.709. The predicted octanol–water partition coefficient (Wildman–Crippen LogP) is 3.99. The Bertz CT molecular complexity index is 751. The highest BCUT2D eigenvalue weighted by Gasteiger charge is 2.47. The topological polar surface area (TPSA) is 78.5 Å². The van der Waals surface area contributed by atoms with Gasteiger partial charge >= 0.3 is 6.03 Å². The number of nitrogens with zero attached hydrogens (tertiary/aromatic N) is 1. The maximum atomic E-state index is 12.6. The molecule has 1 aliphatic heterocycles. The van der Waals surface area contributed by atoms with E-state index in [4.69, 9.17) is 23.2 Å². The minimum absolute atomic E-state index is 0.271. The van der Waals surface area contributed by atoms with Gasteiger partial charge in [-0.05, 0) is 44.2 Å². The van der Waals surface area contributed by atoms with Crippen LogP contribution < -0.4 is 10.6 Å². The molecule has 1 aromatic carbocycles. The molecule has 26 heavy (non-hydrogen) atoms. The summed E-state index contributed by atoms with van der Waals surface area (Å²) >= 11 is 12.3. The van der Waals surface area contributed by atoms with Gasteiger partial charge in [0.05, 0.1) is 15.7 Å². The zero-order valence-corrected chi connectivity index (χ0v) is 16.8. The molecule has 0 aliphatic carbocycles. The number of halogens is 2. The minimum Gasteiger partial charge on any atom is -0.323 e. The van der Waals surface area contributed by atoms with Gasteiger partial charge in [0.15, 0.2) is 0 Å². The van der Waals surface area contributed by atoms with Crippen LogP contribution in [-0.2, 0) is 9.59 Å². The van der Waals surface area contributed by atoms with E-state index in [0.717, 1.165) is 16.9 Å². The molecule has 142 valence electrons. The van der Waals surface area contributed by atoms with E-state index in [9.17, 15) is 14.4 Å². The second kappa shape index (κ2) is 7.84. The molecule has 1 aromatic rings. The molecule has 4 amide bonds. The van der Waals surface area contributed by atoms with Crippen molar-refractivity contribution in [1.82, 2.24) is 10.2 Å². The Hall–Kier alpha value is -1.79. The van der Waals surface area contributed by atoms with E-state index in [2.05, 4.69) is 10.6 Å². The second-order valence-electron chi connectivity index (χ2n) is 7.19. The molecule has 1 fully saturated rings. The number of imide groups is 1. The number of carbonyl (C=O) groups is 3. The number of carbonyl (C=O) groups excluding carboxylic acids is 3. The Morgan fingerprint density at radius 1 is 1.31 bits per heavy atom. The maximum absolute atomic E-state index is 12.6. The summed E-state index contributed by atoms with van der Waals surface area (Å²) in [5, 5.41) is 5.89. The summed E-state index contributed by atoms with van der Waals surface area (Å²) < 4.78 is 0. The molecule has 0 saturated carbocycles. The molecule has 0 bridgehead atoms. The zero-order valence-electron chi connectivity index (χ0n) is 15.3. The van der Waals surface area contributed by atoms with Crippen LogP contribution >= 0.6 is 23.2 Å². The smallest absolute Gasteiger partial charge is 0.323 e. The molecule has 0 radical (unpaired) electrons. The summed E-state index contributed by atoms with van der Waals surface area (Å²) in [5.41, 5.74) is 0.0378. The van der Waals surface area contributed by atoms with Gasteiger partial charge in [-0.3, -0.25) is 14.5 Å². The average Bonchev–Trinajstić information content (AvgIpc) is 2.77. The summed E-state index contributed by atoms with van der Waals surface area (Å²) in [6.45, 7) is 7.16. The number of urea groups is 1. The first-order chi connectivity index (χ1) is 12.0. The van der Waals surface area contributed by atoms with Gasteiger partial charge in [-0.2, -0.15) is 0 Å². The van der Waals surface area contributed by atoms with Crippen LogP contribution in [0, 0.1) is 12.8 Å². The number of amides is 4. The van der Waals surface area contributed by atoms with Crippen molar-refractivity contribution >= 4 is 46.7 Å². The van der Waals surface area contributed by atoms with Crippen molar-refractivity contribution in [3.8, 4) is 0 Å². The van der Waals surface area contributed by atoms with Crippen LogP contribution in [0.15, 0.2) is 12.1 Å². The molecule has 1 saturated heterocycles. The highest BCUT2D eigenvalue weighted by atomic mass is 35.5. The molecule has 0 spiro atoms. The van der Waals surface area contributed by atoms with Gasteiger partial charge < -0.3 is 10.6 Å². The van der Waals surface area contributed by atoms with Crippen LogP contribution in [-0.4, -0.2) is 34.8 Å². The van der Waals surface area contributed by atoms with Crippen molar-refractivity contribution in [2.45, 2.75) is 46.1 Å². The first kappa shape index (κ1) is 20.5. The summed E-state index contributed by atoms with van der Waals surface area (Å²) in [7, 11) is 0. The fraction of sp³-hybridized carbons (Fsp3) is 0.500. The monoisotopic (exact) mass is 399 g/mol. The Morgan fingerprint density at radius 2 is 1.96 bits per heavy atom. The number of anilines is 1. The number of aryl methyl sites for hydroxylation is 1. The van der Waals surface area contributed by atoms with E-state index in [0.29, 0.717) is 17.4 Å². The molecule has 0 aromatic heterocycles. The molecule has 8 heteroatoms. The Morgan fingerprint density at radius 3 is 2.58 bits per heavy atom. The number of rotatable bonds is 6. The zero-order chi connectivity index (χ0) is 19.6. The molecule has 0 unspecified atom stereocenters. The molecule has 6 nitrogen and oxygen atoms in total. The molecular weight excluding hydrogens is 377 g/mol. The van der Waals surface area contributed by atoms with Crippen LogP contribution in [0.2, 0.25) is 10.0 Å². The second-order valence-corrected chi connectivity index (χ2v) is 7.97. The van der Waals surface area contributed by atoms with Gasteiger partial charge in [-0.25, -0.2) is 4.79 Å². The van der Waals surface area contributed by atoms with Gasteiger partial charge in [-0.15, -0.1) is 0 Å². The molecule has 2 rings (SSSR count).